The van der Waals surface area contributed by atoms with Crippen molar-refractivity contribution in [3.8, 4) is 23.0 Å². The highest BCUT2D eigenvalue weighted by atomic mass is 35.5. The van der Waals surface area contributed by atoms with Crippen molar-refractivity contribution in [3.63, 3.8) is 0 Å². The minimum absolute atomic E-state index is 0.101. The summed E-state index contributed by atoms with van der Waals surface area (Å²) in [5.41, 5.74) is 2.85. The highest BCUT2D eigenvalue weighted by Crippen LogP contribution is 2.27. The second-order valence-electron chi connectivity index (χ2n) is 6.22. The van der Waals surface area contributed by atoms with Crippen LogP contribution in [0.25, 0.3) is 22.6 Å². The van der Waals surface area contributed by atoms with E-state index >= 15 is 0 Å². The van der Waals surface area contributed by atoms with Crippen molar-refractivity contribution in [3.05, 3.63) is 71.8 Å². The number of fused-ring (bicyclic) bond motifs is 1. The average molecular weight is 409 g/mol. The van der Waals surface area contributed by atoms with E-state index in [0.29, 0.717) is 27.9 Å². The average Bonchev–Trinajstić information content (AvgIpc) is 3.17. The first-order valence-corrected chi connectivity index (χ1v) is 9.22. The smallest absolute Gasteiger partial charge is 0.262 e. The Morgan fingerprint density at radius 2 is 1.76 bits per heavy atom. The van der Waals surface area contributed by atoms with Crippen LogP contribution < -0.4 is 14.8 Å². The van der Waals surface area contributed by atoms with Gasteiger partial charge in [-0.2, -0.15) is 0 Å². The maximum absolute atomic E-state index is 12.1. The van der Waals surface area contributed by atoms with Gasteiger partial charge in [-0.15, -0.1) is 0 Å². The Morgan fingerprint density at radius 1 is 1.03 bits per heavy atom. The van der Waals surface area contributed by atoms with E-state index in [0.717, 1.165) is 16.8 Å². The number of methoxy groups -OCH3 is 1. The monoisotopic (exact) mass is 408 g/mol. The number of carbonyl (C=O) groups excluding carboxylic acids is 1. The standard InChI is InChI=1S/C22H17ClN2O4/c1-27-18-10-11-20-19(12-18)25-22(29-20)14-2-6-16(7-3-14)24-21(26)13-28-17-8-4-15(23)5-9-17/h2-12H,13H2,1H3,(H,24,26). The first-order valence-electron chi connectivity index (χ1n) is 8.84. The Balaban J connectivity index is 1.39. The molecule has 0 radical (unpaired) electrons. The second kappa shape index (κ2) is 8.24. The van der Waals surface area contributed by atoms with E-state index in [1.807, 2.05) is 30.3 Å². The number of nitrogens with zero attached hydrogens (tertiary/aromatic N) is 1. The molecule has 6 nitrogen and oxygen atoms in total. The number of aromatic nitrogens is 1. The molecule has 0 saturated carbocycles. The van der Waals surface area contributed by atoms with Crippen molar-refractivity contribution in [1.82, 2.24) is 4.98 Å². The van der Waals surface area contributed by atoms with Gasteiger partial charge in [0, 0.05) is 22.3 Å². The number of hydrogen-bond acceptors (Lipinski definition) is 5. The molecular weight excluding hydrogens is 392 g/mol. The first kappa shape index (κ1) is 18.8. The van der Waals surface area contributed by atoms with E-state index in [1.165, 1.54) is 0 Å². The van der Waals surface area contributed by atoms with Crippen LogP contribution in [0.5, 0.6) is 11.5 Å². The molecule has 1 aromatic heterocycles. The molecule has 29 heavy (non-hydrogen) atoms. The summed E-state index contributed by atoms with van der Waals surface area (Å²) in [5.74, 6) is 1.53. The van der Waals surface area contributed by atoms with Crippen molar-refractivity contribution in [2.24, 2.45) is 0 Å². The Bertz CT molecular complexity index is 1140. The lowest BCUT2D eigenvalue weighted by Gasteiger charge is -2.08. The van der Waals surface area contributed by atoms with Crippen LogP contribution in [-0.2, 0) is 4.79 Å². The third-order valence-corrected chi connectivity index (χ3v) is 4.45. The van der Waals surface area contributed by atoms with Gasteiger partial charge in [-0.25, -0.2) is 4.98 Å². The van der Waals surface area contributed by atoms with Gasteiger partial charge in [0.15, 0.2) is 12.2 Å². The zero-order valence-corrected chi connectivity index (χ0v) is 16.3. The fourth-order valence-electron chi connectivity index (χ4n) is 2.73. The SMILES string of the molecule is COc1ccc2oc(-c3ccc(NC(=O)COc4ccc(Cl)cc4)cc3)nc2c1. The Kier molecular flexibility index (Phi) is 5.35. The van der Waals surface area contributed by atoms with Crippen LogP contribution in [0.15, 0.2) is 71.1 Å². The van der Waals surface area contributed by atoms with Crippen molar-refractivity contribution in [2.75, 3.05) is 19.0 Å². The molecule has 0 saturated heterocycles. The maximum Gasteiger partial charge on any atom is 0.262 e. The third kappa shape index (κ3) is 4.50. The van der Waals surface area contributed by atoms with Gasteiger partial charge in [0.2, 0.25) is 5.89 Å². The van der Waals surface area contributed by atoms with E-state index in [9.17, 15) is 4.79 Å². The number of oxazole rings is 1. The van der Waals surface area contributed by atoms with Crippen LogP contribution in [0, 0.1) is 0 Å². The molecule has 0 spiro atoms. The quantitative estimate of drug-likeness (QED) is 0.476. The first-order chi connectivity index (χ1) is 14.1. The number of carbonyl (C=O) groups is 1. The zero-order chi connectivity index (χ0) is 20.2. The Hall–Kier alpha value is -3.51. The maximum atomic E-state index is 12.1. The van der Waals surface area contributed by atoms with E-state index in [-0.39, 0.29) is 12.5 Å². The van der Waals surface area contributed by atoms with Crippen LogP contribution in [0.4, 0.5) is 5.69 Å². The van der Waals surface area contributed by atoms with Gasteiger partial charge in [-0.05, 0) is 60.7 Å². The van der Waals surface area contributed by atoms with Crippen molar-refractivity contribution < 1.29 is 18.7 Å². The lowest BCUT2D eigenvalue weighted by molar-refractivity contribution is -0.118. The van der Waals surface area contributed by atoms with E-state index in [1.54, 1.807) is 43.5 Å². The summed E-state index contributed by atoms with van der Waals surface area (Å²) in [7, 11) is 1.61. The normalized spacial score (nSPS) is 10.7. The molecule has 3 aromatic carbocycles. The topological polar surface area (TPSA) is 73.6 Å². The van der Waals surface area contributed by atoms with Gasteiger partial charge >= 0.3 is 0 Å². The molecule has 0 aliphatic carbocycles. The molecule has 0 unspecified atom stereocenters. The molecule has 4 aromatic rings. The number of amides is 1. The van der Waals surface area contributed by atoms with E-state index in [2.05, 4.69) is 10.3 Å². The molecule has 7 heteroatoms. The molecule has 1 N–H and O–H groups in total. The molecule has 0 atom stereocenters. The number of halogens is 1. The van der Waals surface area contributed by atoms with Crippen LogP contribution in [0.1, 0.15) is 0 Å². The molecule has 146 valence electrons. The summed E-state index contributed by atoms with van der Waals surface area (Å²) < 4.78 is 16.4. The van der Waals surface area contributed by atoms with Gasteiger partial charge in [-0.3, -0.25) is 4.79 Å². The minimum atomic E-state index is -0.262. The van der Waals surface area contributed by atoms with Crippen LogP contribution in [0.2, 0.25) is 5.02 Å². The highest BCUT2D eigenvalue weighted by molar-refractivity contribution is 6.30. The van der Waals surface area contributed by atoms with Gasteiger partial charge < -0.3 is 19.2 Å². The molecule has 0 aliphatic heterocycles. The number of rotatable bonds is 6. The number of benzene rings is 3. The zero-order valence-electron chi connectivity index (χ0n) is 15.5. The van der Waals surface area contributed by atoms with Gasteiger partial charge in [0.25, 0.3) is 5.91 Å². The van der Waals surface area contributed by atoms with Crippen LogP contribution >= 0.6 is 11.6 Å². The minimum Gasteiger partial charge on any atom is -0.497 e. The summed E-state index contributed by atoms with van der Waals surface area (Å²) >= 11 is 5.82. The molecule has 4 rings (SSSR count). The molecule has 0 fully saturated rings. The van der Waals surface area contributed by atoms with E-state index < -0.39 is 0 Å². The highest BCUT2D eigenvalue weighted by Gasteiger charge is 2.10. The van der Waals surface area contributed by atoms with Crippen LogP contribution in [0.3, 0.4) is 0 Å². The number of hydrogen-bond donors (Lipinski definition) is 1. The van der Waals surface area contributed by atoms with Gasteiger partial charge in [0.05, 0.1) is 7.11 Å². The van der Waals surface area contributed by atoms with Gasteiger partial charge in [-0.1, -0.05) is 11.6 Å². The lowest BCUT2D eigenvalue weighted by atomic mass is 10.2. The predicted molar refractivity (Wildman–Crippen MR) is 112 cm³/mol. The fourth-order valence-corrected chi connectivity index (χ4v) is 2.86. The lowest BCUT2D eigenvalue weighted by Crippen LogP contribution is -2.20. The van der Waals surface area contributed by atoms with Crippen LogP contribution in [-0.4, -0.2) is 24.6 Å². The Labute approximate surface area is 172 Å². The molecule has 0 bridgehead atoms. The van der Waals surface area contributed by atoms with Gasteiger partial charge in [0.1, 0.15) is 17.0 Å². The van der Waals surface area contributed by atoms with Crippen molar-refractivity contribution >= 4 is 34.3 Å². The summed E-state index contributed by atoms with van der Waals surface area (Å²) in [4.78, 5) is 16.6. The molecule has 1 heterocycles. The van der Waals surface area contributed by atoms with Crippen molar-refractivity contribution in [2.45, 2.75) is 0 Å². The fraction of sp³-hybridized carbons (Fsp3) is 0.0909. The molecule has 1 amide bonds. The summed E-state index contributed by atoms with van der Waals surface area (Å²) in [6.07, 6.45) is 0. The molecule has 0 aliphatic rings. The summed E-state index contributed by atoms with van der Waals surface area (Å²) in [6, 6.07) is 19.5. The van der Waals surface area contributed by atoms with Crippen molar-refractivity contribution in [1.29, 1.82) is 0 Å². The third-order valence-electron chi connectivity index (χ3n) is 4.19. The van der Waals surface area contributed by atoms with E-state index in [4.69, 9.17) is 25.5 Å². The second-order valence-corrected chi connectivity index (χ2v) is 6.66. The Morgan fingerprint density at radius 3 is 2.48 bits per heavy atom. The summed E-state index contributed by atoms with van der Waals surface area (Å²) in [5, 5.41) is 3.40. The number of nitrogens with one attached hydrogen (secondary N) is 1. The number of ether oxygens (including phenoxy) is 2. The summed E-state index contributed by atoms with van der Waals surface area (Å²) in [6.45, 7) is -0.101. The predicted octanol–water partition coefficient (Wildman–Crippen LogP) is 5.17. The largest absolute Gasteiger partial charge is 0.497 e. The number of anilines is 1. The molecular formula is C22H17ClN2O4.